The average molecular weight is 563 g/mol. The molecule has 3 nitrogen and oxygen atoms in total. The Balaban J connectivity index is 1.13. The first-order valence-corrected chi connectivity index (χ1v) is 14.9. The highest BCUT2D eigenvalue weighted by atomic mass is 16.3. The molecular formula is C41H26N2O. The summed E-state index contributed by atoms with van der Waals surface area (Å²) in [6, 6.07) is 54.1. The molecule has 9 rings (SSSR count). The van der Waals surface area contributed by atoms with E-state index in [1.807, 2.05) is 12.1 Å². The summed E-state index contributed by atoms with van der Waals surface area (Å²) in [4.78, 5) is 6.68. The normalized spacial score (nSPS) is 11.6. The van der Waals surface area contributed by atoms with Gasteiger partial charge in [-0.2, -0.15) is 0 Å². The van der Waals surface area contributed by atoms with Gasteiger partial charge < -0.3 is 9.32 Å². The Morgan fingerprint density at radius 1 is 0.432 bits per heavy atom. The molecule has 3 heteroatoms. The summed E-state index contributed by atoms with van der Waals surface area (Å²) in [5.74, 6) is 0. The number of hydrogen-bond acceptors (Lipinski definition) is 3. The molecule has 0 aliphatic carbocycles. The van der Waals surface area contributed by atoms with E-state index in [2.05, 4.69) is 149 Å². The summed E-state index contributed by atoms with van der Waals surface area (Å²) in [5, 5.41) is 9.78. The van der Waals surface area contributed by atoms with Gasteiger partial charge in [0.25, 0.3) is 0 Å². The number of nitrogens with zero attached hydrogens (tertiary/aromatic N) is 2. The molecule has 0 saturated carbocycles. The molecule has 0 atom stereocenters. The fourth-order valence-electron chi connectivity index (χ4n) is 6.58. The van der Waals surface area contributed by atoms with Gasteiger partial charge >= 0.3 is 0 Å². The van der Waals surface area contributed by atoms with Gasteiger partial charge in [0, 0.05) is 40.1 Å². The van der Waals surface area contributed by atoms with Crippen molar-refractivity contribution >= 4 is 71.4 Å². The highest BCUT2D eigenvalue weighted by Gasteiger charge is 2.16. The number of para-hydroxylation sites is 1. The van der Waals surface area contributed by atoms with Crippen molar-refractivity contribution in [1.29, 1.82) is 0 Å². The highest BCUT2D eigenvalue weighted by molar-refractivity contribution is 6.20. The van der Waals surface area contributed by atoms with Gasteiger partial charge in [0.2, 0.25) is 5.71 Å². The molecule has 0 unspecified atom stereocenters. The van der Waals surface area contributed by atoms with Gasteiger partial charge in [0.15, 0.2) is 0 Å². The summed E-state index contributed by atoms with van der Waals surface area (Å²) in [6.45, 7) is 0. The highest BCUT2D eigenvalue weighted by Crippen LogP contribution is 2.39. The largest absolute Gasteiger partial charge is 0.438 e. The number of hydrogen-bond donors (Lipinski definition) is 0. The Bertz CT molecular complexity index is 2490. The molecule has 0 bridgehead atoms. The van der Waals surface area contributed by atoms with Gasteiger partial charge in [-0.3, -0.25) is 0 Å². The third kappa shape index (κ3) is 3.94. The zero-order chi connectivity index (χ0) is 29.0. The van der Waals surface area contributed by atoms with Crippen LogP contribution in [0.5, 0.6) is 0 Å². The monoisotopic (exact) mass is 562 g/mol. The number of pyridine rings is 1. The summed E-state index contributed by atoms with van der Waals surface area (Å²) in [7, 11) is 0. The maximum Gasteiger partial charge on any atom is 0.227 e. The van der Waals surface area contributed by atoms with Crippen LogP contribution in [0.4, 0.5) is 17.1 Å². The van der Waals surface area contributed by atoms with Crippen LogP contribution in [-0.2, 0) is 0 Å². The van der Waals surface area contributed by atoms with E-state index in [1.54, 1.807) is 6.20 Å². The Hall–Kier alpha value is -5.93. The predicted octanol–water partition coefficient (Wildman–Crippen LogP) is 11.6. The predicted molar refractivity (Wildman–Crippen MR) is 184 cm³/mol. The summed E-state index contributed by atoms with van der Waals surface area (Å²) < 4.78 is 6.14. The Labute approximate surface area is 254 Å². The van der Waals surface area contributed by atoms with E-state index < -0.39 is 0 Å². The topological polar surface area (TPSA) is 29.3 Å². The van der Waals surface area contributed by atoms with Crippen LogP contribution in [0.2, 0.25) is 0 Å². The van der Waals surface area contributed by atoms with Crippen molar-refractivity contribution in [2.45, 2.75) is 0 Å². The van der Waals surface area contributed by atoms with Crippen LogP contribution in [-0.4, -0.2) is 4.98 Å². The molecule has 0 amide bonds. The maximum atomic E-state index is 6.14. The molecule has 44 heavy (non-hydrogen) atoms. The first-order valence-electron chi connectivity index (χ1n) is 14.9. The molecule has 0 saturated heterocycles. The number of fused-ring (bicyclic) bond motifs is 8. The Morgan fingerprint density at radius 3 is 1.98 bits per heavy atom. The van der Waals surface area contributed by atoms with Crippen molar-refractivity contribution in [3.63, 3.8) is 0 Å². The zero-order valence-electron chi connectivity index (χ0n) is 23.8. The fourth-order valence-corrected chi connectivity index (χ4v) is 6.58. The van der Waals surface area contributed by atoms with Crippen molar-refractivity contribution in [2.24, 2.45) is 0 Å². The van der Waals surface area contributed by atoms with E-state index in [0.29, 0.717) is 5.71 Å². The molecular weight excluding hydrogens is 536 g/mol. The van der Waals surface area contributed by atoms with E-state index in [9.17, 15) is 0 Å². The van der Waals surface area contributed by atoms with E-state index in [4.69, 9.17) is 4.42 Å². The van der Waals surface area contributed by atoms with Gasteiger partial charge in [0.05, 0.1) is 0 Å². The van der Waals surface area contributed by atoms with Gasteiger partial charge in [-0.05, 0) is 98.0 Å². The van der Waals surface area contributed by atoms with E-state index >= 15 is 0 Å². The second kappa shape index (κ2) is 9.82. The first-order chi connectivity index (χ1) is 21.8. The second-order valence-electron chi connectivity index (χ2n) is 11.2. The lowest BCUT2D eigenvalue weighted by molar-refractivity contribution is 0.654. The number of anilines is 3. The van der Waals surface area contributed by atoms with Gasteiger partial charge in [-0.15, -0.1) is 0 Å². The van der Waals surface area contributed by atoms with E-state index in [0.717, 1.165) is 33.4 Å². The van der Waals surface area contributed by atoms with Crippen LogP contribution in [0.15, 0.2) is 162 Å². The van der Waals surface area contributed by atoms with Gasteiger partial charge in [0.1, 0.15) is 5.58 Å². The smallest absolute Gasteiger partial charge is 0.227 e. The van der Waals surface area contributed by atoms with Crippen LogP contribution in [0.25, 0.3) is 65.5 Å². The molecule has 206 valence electrons. The maximum absolute atomic E-state index is 6.14. The van der Waals surface area contributed by atoms with Crippen LogP contribution in [0.1, 0.15) is 0 Å². The SMILES string of the molecule is c1ccc(N(c2ccc(-c3ccc4c(ccc5ccc6ccccc6c54)c3)cc2)c2ccc3c(c2)oc2ncccc23)cc1. The van der Waals surface area contributed by atoms with Crippen molar-refractivity contribution in [1.82, 2.24) is 4.98 Å². The number of furan rings is 1. The van der Waals surface area contributed by atoms with Crippen molar-refractivity contribution in [3.8, 4) is 11.1 Å². The standard InChI is InChI=1S/C41H26N2O/c1-2-8-32(9-3-1)43(34-21-23-37-38-11-6-24-42-41(38)44-39(37)26-34)33-19-16-27(17-20-33)30-18-22-36-31(25-30)15-14-29-13-12-28-7-4-5-10-35(28)40(29)36/h1-26H. The van der Waals surface area contributed by atoms with Crippen LogP contribution < -0.4 is 4.90 Å². The second-order valence-corrected chi connectivity index (χ2v) is 11.2. The van der Waals surface area contributed by atoms with Crippen molar-refractivity contribution in [3.05, 3.63) is 158 Å². The molecule has 7 aromatic carbocycles. The quantitative estimate of drug-likeness (QED) is 0.200. The molecule has 0 spiro atoms. The Kier molecular flexibility index (Phi) is 5.50. The van der Waals surface area contributed by atoms with E-state index in [1.165, 1.54) is 43.4 Å². The summed E-state index contributed by atoms with van der Waals surface area (Å²) in [6.07, 6.45) is 1.77. The number of benzene rings is 7. The first kappa shape index (κ1) is 24.6. The average Bonchev–Trinajstić information content (AvgIpc) is 3.46. The van der Waals surface area contributed by atoms with Gasteiger partial charge in [-0.1, -0.05) is 91.0 Å². The lowest BCUT2D eigenvalue weighted by Crippen LogP contribution is -2.09. The van der Waals surface area contributed by atoms with Crippen LogP contribution in [0, 0.1) is 0 Å². The fraction of sp³-hybridized carbons (Fsp3) is 0. The zero-order valence-corrected chi connectivity index (χ0v) is 23.8. The minimum absolute atomic E-state index is 0.659. The van der Waals surface area contributed by atoms with Crippen molar-refractivity contribution in [2.75, 3.05) is 4.90 Å². The minimum Gasteiger partial charge on any atom is -0.438 e. The molecule has 0 aliphatic heterocycles. The third-order valence-corrected chi connectivity index (χ3v) is 8.69. The summed E-state index contributed by atoms with van der Waals surface area (Å²) >= 11 is 0. The minimum atomic E-state index is 0.659. The lowest BCUT2D eigenvalue weighted by Gasteiger charge is -2.25. The lowest BCUT2D eigenvalue weighted by atomic mass is 9.94. The summed E-state index contributed by atoms with van der Waals surface area (Å²) in [5.41, 5.74) is 7.05. The number of aromatic nitrogens is 1. The van der Waals surface area contributed by atoms with Crippen LogP contribution in [0.3, 0.4) is 0 Å². The number of rotatable bonds is 4. The molecule has 9 aromatic rings. The molecule has 0 fully saturated rings. The van der Waals surface area contributed by atoms with Crippen LogP contribution >= 0.6 is 0 Å². The molecule has 2 heterocycles. The molecule has 2 aromatic heterocycles. The Morgan fingerprint density at radius 2 is 1.09 bits per heavy atom. The van der Waals surface area contributed by atoms with Crippen molar-refractivity contribution < 1.29 is 4.42 Å². The molecule has 0 radical (unpaired) electrons. The molecule has 0 N–H and O–H groups in total. The molecule has 0 aliphatic rings. The van der Waals surface area contributed by atoms with E-state index in [-0.39, 0.29) is 0 Å². The third-order valence-electron chi connectivity index (χ3n) is 8.69. The van der Waals surface area contributed by atoms with Gasteiger partial charge in [-0.25, -0.2) is 4.98 Å².